The van der Waals surface area contributed by atoms with Gasteiger partial charge in [-0.2, -0.15) is 0 Å². The standard InChI is InChI=1S/C21H19IO5/c1-13(22)17-18(26-19(23)14-8-4-2-5-9-14)21(12-16(21)25-17)27-20(24)15-10-6-3-7-11-15/h2-11,13,16-18H,12H2,1H3/t13-,16+,17-,18?,21?/m1/s1. The zero-order valence-corrected chi connectivity index (χ0v) is 16.9. The van der Waals surface area contributed by atoms with Crippen LogP contribution in [-0.2, 0) is 14.2 Å². The van der Waals surface area contributed by atoms with Crippen LogP contribution in [0.1, 0.15) is 34.1 Å². The van der Waals surface area contributed by atoms with Crippen molar-refractivity contribution in [3.05, 3.63) is 71.8 Å². The lowest BCUT2D eigenvalue weighted by Gasteiger charge is -2.28. The summed E-state index contributed by atoms with van der Waals surface area (Å²) in [7, 11) is 0. The number of carbonyl (C=O) groups excluding carboxylic acids is 2. The van der Waals surface area contributed by atoms with Crippen molar-refractivity contribution in [1.82, 2.24) is 0 Å². The van der Waals surface area contributed by atoms with Gasteiger partial charge in [0, 0.05) is 10.3 Å². The van der Waals surface area contributed by atoms with E-state index in [0.29, 0.717) is 17.5 Å². The molecule has 4 rings (SSSR count). The van der Waals surface area contributed by atoms with Crippen LogP contribution in [0, 0.1) is 0 Å². The first-order valence-corrected chi connectivity index (χ1v) is 10.1. The number of esters is 2. The van der Waals surface area contributed by atoms with Gasteiger partial charge in [-0.3, -0.25) is 0 Å². The molecule has 2 unspecified atom stereocenters. The number of hydrogen-bond donors (Lipinski definition) is 0. The van der Waals surface area contributed by atoms with E-state index >= 15 is 0 Å². The predicted octanol–water partition coefficient (Wildman–Crippen LogP) is 3.80. The number of halogens is 1. The average molecular weight is 478 g/mol. The van der Waals surface area contributed by atoms with Crippen molar-refractivity contribution in [2.24, 2.45) is 0 Å². The van der Waals surface area contributed by atoms with Crippen LogP contribution in [0.25, 0.3) is 0 Å². The summed E-state index contributed by atoms with van der Waals surface area (Å²) in [6.07, 6.45) is -0.644. The van der Waals surface area contributed by atoms with Crippen molar-refractivity contribution in [2.45, 2.75) is 41.2 Å². The van der Waals surface area contributed by atoms with E-state index in [2.05, 4.69) is 22.6 Å². The maximum atomic E-state index is 12.6. The van der Waals surface area contributed by atoms with E-state index in [0.717, 1.165) is 0 Å². The Kier molecular flexibility index (Phi) is 4.94. The lowest BCUT2D eigenvalue weighted by atomic mass is 10.0. The molecule has 0 aromatic heterocycles. The molecule has 2 aromatic rings. The summed E-state index contributed by atoms with van der Waals surface area (Å²) in [5.74, 6) is -0.863. The van der Waals surface area contributed by atoms with Gasteiger partial charge < -0.3 is 14.2 Å². The Morgan fingerprint density at radius 2 is 1.59 bits per heavy atom. The number of alkyl halides is 1. The van der Waals surface area contributed by atoms with Crippen molar-refractivity contribution in [3.63, 3.8) is 0 Å². The highest BCUT2D eigenvalue weighted by Gasteiger charge is 2.74. The molecule has 1 heterocycles. The monoisotopic (exact) mass is 478 g/mol. The topological polar surface area (TPSA) is 61.8 Å². The van der Waals surface area contributed by atoms with E-state index in [1.807, 2.05) is 19.1 Å². The Balaban J connectivity index is 1.56. The van der Waals surface area contributed by atoms with E-state index in [1.165, 1.54) is 0 Å². The van der Waals surface area contributed by atoms with Crippen LogP contribution in [0.3, 0.4) is 0 Å². The van der Waals surface area contributed by atoms with Crippen molar-refractivity contribution >= 4 is 34.5 Å². The Bertz CT molecular complexity index is 838. The maximum absolute atomic E-state index is 12.6. The molecule has 1 aliphatic heterocycles. The number of carbonyl (C=O) groups is 2. The third-order valence-electron chi connectivity index (χ3n) is 4.98. The second-order valence-electron chi connectivity index (χ2n) is 6.87. The van der Waals surface area contributed by atoms with Gasteiger partial charge >= 0.3 is 11.9 Å². The third kappa shape index (κ3) is 3.48. The first kappa shape index (κ1) is 18.4. The van der Waals surface area contributed by atoms with Crippen molar-refractivity contribution in [3.8, 4) is 0 Å². The summed E-state index contributed by atoms with van der Waals surface area (Å²) < 4.78 is 17.8. The van der Waals surface area contributed by atoms with Gasteiger partial charge in [0.25, 0.3) is 0 Å². The molecule has 2 aromatic carbocycles. The summed E-state index contributed by atoms with van der Waals surface area (Å²) in [6, 6.07) is 17.6. The van der Waals surface area contributed by atoms with E-state index in [4.69, 9.17) is 14.2 Å². The Morgan fingerprint density at radius 3 is 2.15 bits per heavy atom. The zero-order valence-electron chi connectivity index (χ0n) is 14.7. The largest absolute Gasteiger partial charge is 0.452 e. The van der Waals surface area contributed by atoms with Gasteiger partial charge in [-0.15, -0.1) is 0 Å². The summed E-state index contributed by atoms with van der Waals surface area (Å²) in [6.45, 7) is 1.99. The highest BCUT2D eigenvalue weighted by molar-refractivity contribution is 14.1. The molecule has 5 atom stereocenters. The molecule has 0 N–H and O–H groups in total. The van der Waals surface area contributed by atoms with E-state index in [-0.39, 0.29) is 16.1 Å². The fourth-order valence-corrected chi connectivity index (χ4v) is 4.02. The molecule has 0 amide bonds. The van der Waals surface area contributed by atoms with Crippen LogP contribution in [0.5, 0.6) is 0 Å². The SMILES string of the molecule is C[C@@H](I)[C@H]1O[C@H]2CC2(OC(=O)c2ccccc2)C1OC(=O)c1ccccc1. The molecule has 5 nitrogen and oxygen atoms in total. The molecule has 0 radical (unpaired) electrons. The normalized spacial score (nSPS) is 29.5. The molecule has 0 bridgehead atoms. The highest BCUT2D eigenvalue weighted by atomic mass is 127. The molecular formula is C21H19IO5. The molecule has 2 aliphatic rings. The minimum Gasteiger partial charge on any atom is -0.452 e. The van der Waals surface area contributed by atoms with Crippen LogP contribution in [0.2, 0.25) is 0 Å². The maximum Gasteiger partial charge on any atom is 0.338 e. The summed E-state index contributed by atoms with van der Waals surface area (Å²) in [4.78, 5) is 25.2. The lowest BCUT2D eigenvalue weighted by molar-refractivity contribution is -0.0570. The molecule has 27 heavy (non-hydrogen) atoms. The molecule has 1 saturated heterocycles. The van der Waals surface area contributed by atoms with Crippen molar-refractivity contribution in [1.29, 1.82) is 0 Å². The number of benzene rings is 2. The third-order valence-corrected chi connectivity index (χ3v) is 5.69. The smallest absolute Gasteiger partial charge is 0.338 e. The Morgan fingerprint density at radius 1 is 1.04 bits per heavy atom. The van der Waals surface area contributed by atoms with Gasteiger partial charge in [0.2, 0.25) is 0 Å². The van der Waals surface area contributed by atoms with Gasteiger partial charge in [0.05, 0.1) is 11.1 Å². The van der Waals surface area contributed by atoms with E-state index in [9.17, 15) is 9.59 Å². The summed E-state index contributed by atoms with van der Waals surface area (Å²) in [5, 5.41) is 0. The van der Waals surface area contributed by atoms with Crippen LogP contribution in [0.4, 0.5) is 0 Å². The number of rotatable bonds is 5. The molecule has 0 spiro atoms. The second-order valence-corrected chi connectivity index (χ2v) is 8.84. The molecular weight excluding hydrogens is 459 g/mol. The van der Waals surface area contributed by atoms with Gasteiger partial charge in [-0.25, -0.2) is 9.59 Å². The lowest BCUT2D eigenvalue weighted by Crippen LogP contribution is -2.45. The Labute approximate surface area is 171 Å². The Hall–Kier alpha value is -1.93. The van der Waals surface area contributed by atoms with E-state index in [1.54, 1.807) is 48.5 Å². The second kappa shape index (κ2) is 7.24. The van der Waals surface area contributed by atoms with Gasteiger partial charge in [-0.05, 0) is 24.3 Å². The van der Waals surface area contributed by atoms with Crippen LogP contribution in [-0.4, -0.2) is 39.8 Å². The predicted molar refractivity (Wildman–Crippen MR) is 107 cm³/mol. The fraction of sp³-hybridized carbons (Fsp3) is 0.333. The summed E-state index contributed by atoms with van der Waals surface area (Å²) >= 11 is 2.25. The van der Waals surface area contributed by atoms with Gasteiger partial charge in [0.15, 0.2) is 11.7 Å². The van der Waals surface area contributed by atoms with Crippen LogP contribution >= 0.6 is 22.6 Å². The van der Waals surface area contributed by atoms with Gasteiger partial charge in [-0.1, -0.05) is 65.9 Å². The zero-order chi connectivity index (χ0) is 19.0. The van der Waals surface area contributed by atoms with Crippen LogP contribution < -0.4 is 0 Å². The van der Waals surface area contributed by atoms with Gasteiger partial charge in [0.1, 0.15) is 12.2 Å². The number of hydrogen-bond acceptors (Lipinski definition) is 5. The first-order chi connectivity index (χ1) is 13.0. The van der Waals surface area contributed by atoms with E-state index < -0.39 is 23.6 Å². The molecule has 140 valence electrons. The van der Waals surface area contributed by atoms with Crippen LogP contribution in [0.15, 0.2) is 60.7 Å². The van der Waals surface area contributed by atoms with Crippen molar-refractivity contribution < 1.29 is 23.8 Å². The molecule has 1 saturated carbocycles. The minimum atomic E-state index is -0.901. The molecule has 1 aliphatic carbocycles. The first-order valence-electron chi connectivity index (χ1n) is 8.85. The number of fused-ring (bicyclic) bond motifs is 1. The highest BCUT2D eigenvalue weighted by Crippen LogP contribution is 2.56. The molecule has 2 fully saturated rings. The minimum absolute atomic E-state index is 0.0938. The summed E-state index contributed by atoms with van der Waals surface area (Å²) in [5.41, 5.74) is 0.0317. The van der Waals surface area contributed by atoms with Crippen molar-refractivity contribution in [2.75, 3.05) is 0 Å². The average Bonchev–Trinajstić information content (AvgIpc) is 3.30. The quantitative estimate of drug-likeness (QED) is 0.372. The molecule has 6 heteroatoms. The number of ether oxygens (including phenoxy) is 3. The fourth-order valence-electron chi connectivity index (χ4n) is 3.48.